The third-order valence-corrected chi connectivity index (χ3v) is 5.45. The molecule has 1 N–H and O–H groups in total. The number of Topliss-reactive ketones (excluding diaryl/α,β-unsaturated/α-hetero) is 1. The first-order chi connectivity index (χ1) is 11.4. The number of carbonyl (C=O) groups excluding carboxylic acids is 2. The van der Waals surface area contributed by atoms with E-state index in [0.29, 0.717) is 24.2 Å². The number of nitrogens with one attached hydrogen (secondary N) is 1. The summed E-state index contributed by atoms with van der Waals surface area (Å²) < 4.78 is 0. The molecule has 0 spiro atoms. The van der Waals surface area contributed by atoms with Crippen LogP contribution in [-0.4, -0.2) is 17.7 Å². The van der Waals surface area contributed by atoms with E-state index in [9.17, 15) is 9.59 Å². The molecule has 0 bridgehead atoms. The van der Waals surface area contributed by atoms with Crippen molar-refractivity contribution in [1.29, 1.82) is 0 Å². The molecule has 2 rings (SSSR count). The molecule has 4 atom stereocenters. The van der Waals surface area contributed by atoms with Gasteiger partial charge in [0, 0.05) is 5.92 Å². The molecule has 1 amide bonds. The van der Waals surface area contributed by atoms with Gasteiger partial charge in [0.15, 0.2) is 5.78 Å². The predicted molar refractivity (Wildman–Crippen MR) is 97.6 cm³/mol. The first-order valence-electron chi connectivity index (χ1n) is 9.23. The van der Waals surface area contributed by atoms with Crippen LogP contribution in [0.4, 0.5) is 0 Å². The summed E-state index contributed by atoms with van der Waals surface area (Å²) in [6.45, 7) is 8.20. The molecule has 0 saturated heterocycles. The summed E-state index contributed by atoms with van der Waals surface area (Å²) in [5, 5.41) is 3.05. The van der Waals surface area contributed by atoms with Crippen molar-refractivity contribution in [2.24, 2.45) is 23.7 Å². The van der Waals surface area contributed by atoms with E-state index >= 15 is 0 Å². The van der Waals surface area contributed by atoms with Crippen LogP contribution in [0.15, 0.2) is 30.3 Å². The van der Waals surface area contributed by atoms with Crippen molar-refractivity contribution in [2.45, 2.75) is 59.4 Å². The van der Waals surface area contributed by atoms with Gasteiger partial charge in [-0.25, -0.2) is 0 Å². The molecule has 1 unspecified atom stereocenters. The maximum atomic E-state index is 12.9. The van der Waals surface area contributed by atoms with Crippen molar-refractivity contribution in [2.75, 3.05) is 0 Å². The lowest BCUT2D eigenvalue weighted by atomic mass is 9.69. The van der Waals surface area contributed by atoms with Crippen molar-refractivity contribution in [3.63, 3.8) is 0 Å². The minimum atomic E-state index is -0.426. The van der Waals surface area contributed by atoms with E-state index in [1.54, 1.807) is 6.92 Å². The van der Waals surface area contributed by atoms with Gasteiger partial charge in [-0.1, -0.05) is 57.5 Å². The zero-order chi connectivity index (χ0) is 17.7. The van der Waals surface area contributed by atoms with Crippen molar-refractivity contribution in [3.8, 4) is 0 Å². The average molecular weight is 329 g/mol. The largest absolute Gasteiger partial charge is 0.346 e. The second-order valence-corrected chi connectivity index (χ2v) is 7.79. The minimum Gasteiger partial charge on any atom is -0.346 e. The van der Waals surface area contributed by atoms with Crippen LogP contribution in [-0.2, 0) is 16.0 Å². The fourth-order valence-corrected chi connectivity index (χ4v) is 3.93. The van der Waals surface area contributed by atoms with Crippen LogP contribution in [0.5, 0.6) is 0 Å². The SMILES string of the molecule is CC(=O)C(Cc1ccccc1)NC(=O)[C@@H]1C[C@H](C)CC[C@H]1C(C)C. The molecule has 0 aromatic heterocycles. The summed E-state index contributed by atoms with van der Waals surface area (Å²) in [5.41, 5.74) is 1.08. The molecule has 0 radical (unpaired) electrons. The fourth-order valence-electron chi connectivity index (χ4n) is 3.93. The lowest BCUT2D eigenvalue weighted by molar-refractivity contribution is -0.132. The third-order valence-electron chi connectivity index (χ3n) is 5.45. The zero-order valence-corrected chi connectivity index (χ0v) is 15.4. The smallest absolute Gasteiger partial charge is 0.224 e. The normalized spacial score (nSPS) is 25.3. The molecule has 0 heterocycles. The van der Waals surface area contributed by atoms with Gasteiger partial charge in [0.1, 0.15) is 0 Å². The van der Waals surface area contributed by atoms with E-state index in [1.165, 1.54) is 6.42 Å². The maximum Gasteiger partial charge on any atom is 0.224 e. The number of rotatable bonds is 6. The molecule has 3 heteroatoms. The van der Waals surface area contributed by atoms with E-state index in [2.05, 4.69) is 26.1 Å². The van der Waals surface area contributed by atoms with Crippen molar-refractivity contribution >= 4 is 11.7 Å². The van der Waals surface area contributed by atoms with Crippen molar-refractivity contribution in [1.82, 2.24) is 5.32 Å². The molecule has 1 aliphatic rings. The number of ketones is 1. The monoisotopic (exact) mass is 329 g/mol. The first kappa shape index (κ1) is 18.7. The lowest BCUT2D eigenvalue weighted by Gasteiger charge is -2.37. The van der Waals surface area contributed by atoms with Crippen molar-refractivity contribution < 1.29 is 9.59 Å². The van der Waals surface area contributed by atoms with Gasteiger partial charge < -0.3 is 5.32 Å². The van der Waals surface area contributed by atoms with Crippen molar-refractivity contribution in [3.05, 3.63) is 35.9 Å². The van der Waals surface area contributed by atoms with Gasteiger partial charge in [0.2, 0.25) is 5.91 Å². The van der Waals surface area contributed by atoms with Crippen LogP contribution in [0, 0.1) is 23.7 Å². The standard InChI is InChI=1S/C21H31NO2/c1-14(2)18-11-10-15(3)12-19(18)21(24)22-20(16(4)23)13-17-8-6-5-7-9-17/h5-9,14-15,18-20H,10-13H2,1-4H3,(H,22,24)/t15-,18+,19-,20?/m1/s1. The fraction of sp³-hybridized carbons (Fsp3) is 0.619. The Balaban J connectivity index is 2.07. The molecule has 3 nitrogen and oxygen atoms in total. The predicted octanol–water partition coefficient (Wildman–Crippen LogP) is 4.01. The van der Waals surface area contributed by atoms with Crippen LogP contribution in [0.2, 0.25) is 0 Å². The Hall–Kier alpha value is -1.64. The third kappa shape index (κ3) is 4.93. The van der Waals surface area contributed by atoms with Crippen LogP contribution >= 0.6 is 0 Å². The van der Waals surface area contributed by atoms with Crippen LogP contribution < -0.4 is 5.32 Å². The Labute approximate surface area is 146 Å². The second-order valence-electron chi connectivity index (χ2n) is 7.79. The van der Waals surface area contributed by atoms with Gasteiger partial charge >= 0.3 is 0 Å². The average Bonchev–Trinajstić information content (AvgIpc) is 2.54. The highest BCUT2D eigenvalue weighted by Crippen LogP contribution is 2.38. The molecular weight excluding hydrogens is 298 g/mol. The van der Waals surface area contributed by atoms with E-state index in [-0.39, 0.29) is 17.6 Å². The summed E-state index contributed by atoms with van der Waals surface area (Å²) in [6, 6.07) is 9.47. The number of hydrogen-bond donors (Lipinski definition) is 1. The highest BCUT2D eigenvalue weighted by molar-refractivity contribution is 5.88. The first-order valence-corrected chi connectivity index (χ1v) is 9.23. The summed E-state index contributed by atoms with van der Waals surface area (Å²) in [6.07, 6.45) is 3.81. The Bertz CT molecular complexity index is 552. The van der Waals surface area contributed by atoms with E-state index < -0.39 is 6.04 Å². The van der Waals surface area contributed by atoms with Gasteiger partial charge in [-0.15, -0.1) is 0 Å². The highest BCUT2D eigenvalue weighted by Gasteiger charge is 2.36. The number of benzene rings is 1. The molecule has 0 aliphatic heterocycles. The van der Waals surface area contributed by atoms with Gasteiger partial charge in [-0.3, -0.25) is 9.59 Å². The minimum absolute atomic E-state index is 0.0251. The van der Waals surface area contributed by atoms with Crippen LogP contribution in [0.1, 0.15) is 52.5 Å². The Morgan fingerprint density at radius 1 is 1.17 bits per heavy atom. The van der Waals surface area contributed by atoms with Gasteiger partial charge in [0.05, 0.1) is 6.04 Å². The maximum absolute atomic E-state index is 12.9. The van der Waals surface area contributed by atoms with E-state index in [0.717, 1.165) is 18.4 Å². The lowest BCUT2D eigenvalue weighted by Crippen LogP contribution is -2.47. The summed E-state index contributed by atoms with van der Waals surface area (Å²) >= 11 is 0. The second kappa shape index (κ2) is 8.46. The summed E-state index contributed by atoms with van der Waals surface area (Å²) in [5.74, 6) is 1.63. The molecular formula is C21H31NO2. The number of amides is 1. The Kier molecular flexibility index (Phi) is 6.59. The molecule has 132 valence electrons. The molecule has 1 aromatic carbocycles. The molecule has 24 heavy (non-hydrogen) atoms. The quantitative estimate of drug-likeness (QED) is 0.857. The van der Waals surface area contributed by atoms with Gasteiger partial charge in [0.25, 0.3) is 0 Å². The van der Waals surface area contributed by atoms with Gasteiger partial charge in [-0.05, 0) is 49.5 Å². The number of carbonyl (C=O) groups is 2. The molecule has 1 saturated carbocycles. The van der Waals surface area contributed by atoms with Crippen LogP contribution in [0.3, 0.4) is 0 Å². The molecule has 1 aromatic rings. The van der Waals surface area contributed by atoms with Gasteiger partial charge in [-0.2, -0.15) is 0 Å². The summed E-state index contributed by atoms with van der Waals surface area (Å²) in [7, 11) is 0. The molecule has 1 aliphatic carbocycles. The Morgan fingerprint density at radius 2 is 1.83 bits per heavy atom. The number of hydrogen-bond acceptors (Lipinski definition) is 2. The van der Waals surface area contributed by atoms with Crippen LogP contribution in [0.25, 0.3) is 0 Å². The van der Waals surface area contributed by atoms with E-state index in [1.807, 2.05) is 30.3 Å². The zero-order valence-electron chi connectivity index (χ0n) is 15.4. The van der Waals surface area contributed by atoms with E-state index in [4.69, 9.17) is 0 Å². The summed E-state index contributed by atoms with van der Waals surface area (Å²) in [4.78, 5) is 24.9. The Morgan fingerprint density at radius 3 is 2.42 bits per heavy atom. The topological polar surface area (TPSA) is 46.2 Å². The highest BCUT2D eigenvalue weighted by atomic mass is 16.2. The molecule has 1 fully saturated rings.